The number of hydrogen-bond acceptors (Lipinski definition) is 4. The first kappa shape index (κ1) is 16.2. The molecule has 3 rings (SSSR count). The molecular weight excluding hydrogens is 314 g/mol. The summed E-state index contributed by atoms with van der Waals surface area (Å²) in [6.45, 7) is 0.566. The predicted octanol–water partition coefficient (Wildman–Crippen LogP) is 0.397. The minimum Gasteiger partial charge on any atom is -0.317 e. The van der Waals surface area contributed by atoms with Crippen LogP contribution in [0.3, 0.4) is 0 Å². The van der Waals surface area contributed by atoms with Gasteiger partial charge in [0.2, 0.25) is 15.9 Å². The zero-order valence-electron chi connectivity index (χ0n) is 11.6. The van der Waals surface area contributed by atoms with Gasteiger partial charge < -0.3 is 10.6 Å². The monoisotopic (exact) mass is 331 g/mol. The standard InChI is InChI=1S/C13H17N3O3S.ClH/c1-15-20(18,19)10-3-2-9-4-7-16(11(9)8-10)12(17)13(14)5-6-13;/h2-3,8,15H,4-7,14H2,1H3;1H. The molecule has 1 fully saturated rings. The molecule has 0 bridgehead atoms. The fraction of sp³-hybridized carbons (Fsp3) is 0.462. The third kappa shape index (κ3) is 2.66. The van der Waals surface area contributed by atoms with Gasteiger partial charge in [0.1, 0.15) is 0 Å². The van der Waals surface area contributed by atoms with E-state index in [9.17, 15) is 13.2 Å². The molecule has 1 aliphatic carbocycles. The molecule has 0 atom stereocenters. The highest BCUT2D eigenvalue weighted by Gasteiger charge is 2.49. The molecule has 0 radical (unpaired) electrons. The van der Waals surface area contributed by atoms with Gasteiger partial charge >= 0.3 is 0 Å². The number of carbonyl (C=O) groups excluding carboxylic acids is 1. The van der Waals surface area contributed by atoms with Crippen molar-refractivity contribution in [2.75, 3.05) is 18.5 Å². The second-order valence-electron chi connectivity index (χ2n) is 5.36. The summed E-state index contributed by atoms with van der Waals surface area (Å²) in [5, 5.41) is 0. The number of halogens is 1. The van der Waals surface area contributed by atoms with Gasteiger partial charge in [0.15, 0.2) is 0 Å². The summed E-state index contributed by atoms with van der Waals surface area (Å²) in [5.41, 5.74) is 6.87. The molecule has 0 spiro atoms. The Morgan fingerprint density at radius 2 is 2.05 bits per heavy atom. The van der Waals surface area contributed by atoms with Crippen LogP contribution < -0.4 is 15.4 Å². The average molecular weight is 332 g/mol. The van der Waals surface area contributed by atoms with Crippen LogP contribution in [0.15, 0.2) is 23.1 Å². The van der Waals surface area contributed by atoms with Gasteiger partial charge in [0, 0.05) is 12.2 Å². The summed E-state index contributed by atoms with van der Waals surface area (Å²) in [6.07, 6.45) is 2.13. The summed E-state index contributed by atoms with van der Waals surface area (Å²) in [7, 11) is -2.14. The first-order valence-corrected chi connectivity index (χ1v) is 8.03. The van der Waals surface area contributed by atoms with Crippen LogP contribution in [0.2, 0.25) is 0 Å². The molecule has 1 amide bonds. The third-order valence-electron chi connectivity index (χ3n) is 3.99. The number of fused-ring (bicyclic) bond motifs is 1. The van der Waals surface area contributed by atoms with Crippen molar-refractivity contribution in [1.82, 2.24) is 4.72 Å². The predicted molar refractivity (Wildman–Crippen MR) is 82.1 cm³/mol. The number of hydrogen-bond donors (Lipinski definition) is 2. The highest BCUT2D eigenvalue weighted by atomic mass is 35.5. The fourth-order valence-corrected chi connectivity index (χ4v) is 3.22. The van der Waals surface area contributed by atoms with E-state index in [0.717, 1.165) is 12.0 Å². The summed E-state index contributed by atoms with van der Waals surface area (Å²) in [4.78, 5) is 14.1. The van der Waals surface area contributed by atoms with Crippen LogP contribution in [0.4, 0.5) is 5.69 Å². The SMILES string of the molecule is CNS(=O)(=O)c1ccc2c(c1)N(C(=O)C1(N)CC1)CC2.Cl. The first-order chi connectivity index (χ1) is 9.37. The maximum Gasteiger partial charge on any atom is 0.247 e. The lowest BCUT2D eigenvalue weighted by Gasteiger charge is -2.21. The molecule has 0 aromatic heterocycles. The quantitative estimate of drug-likeness (QED) is 0.838. The van der Waals surface area contributed by atoms with Gasteiger partial charge in [-0.3, -0.25) is 4.79 Å². The molecule has 2 aliphatic rings. The van der Waals surface area contributed by atoms with E-state index in [1.165, 1.54) is 7.05 Å². The Kier molecular flexibility index (Phi) is 4.05. The van der Waals surface area contributed by atoms with Gasteiger partial charge in [-0.1, -0.05) is 6.07 Å². The average Bonchev–Trinajstić information content (AvgIpc) is 3.05. The molecule has 1 aromatic carbocycles. The van der Waals surface area contributed by atoms with Crippen LogP contribution in [0, 0.1) is 0 Å². The van der Waals surface area contributed by atoms with E-state index in [-0.39, 0.29) is 23.2 Å². The zero-order valence-corrected chi connectivity index (χ0v) is 13.3. The number of carbonyl (C=O) groups is 1. The lowest BCUT2D eigenvalue weighted by molar-refractivity contribution is -0.120. The van der Waals surface area contributed by atoms with Gasteiger partial charge in [-0.15, -0.1) is 12.4 Å². The van der Waals surface area contributed by atoms with Crippen LogP contribution in [-0.4, -0.2) is 33.5 Å². The van der Waals surface area contributed by atoms with E-state index in [4.69, 9.17) is 5.73 Å². The van der Waals surface area contributed by atoms with Crippen molar-refractivity contribution in [3.63, 3.8) is 0 Å². The number of nitrogens with one attached hydrogen (secondary N) is 1. The normalized spacial score (nSPS) is 18.9. The highest BCUT2D eigenvalue weighted by Crippen LogP contribution is 2.39. The summed E-state index contributed by atoms with van der Waals surface area (Å²) in [5.74, 6) is -0.102. The van der Waals surface area contributed by atoms with Crippen molar-refractivity contribution in [2.45, 2.75) is 29.7 Å². The number of nitrogens with zero attached hydrogens (tertiary/aromatic N) is 1. The maximum atomic E-state index is 12.4. The lowest BCUT2D eigenvalue weighted by Crippen LogP contribution is -2.45. The molecule has 1 heterocycles. The van der Waals surface area contributed by atoms with Crippen molar-refractivity contribution >= 4 is 34.0 Å². The Bertz CT molecular complexity index is 686. The van der Waals surface area contributed by atoms with Crippen LogP contribution >= 0.6 is 12.4 Å². The van der Waals surface area contributed by atoms with Crippen LogP contribution in [0.1, 0.15) is 18.4 Å². The second-order valence-corrected chi connectivity index (χ2v) is 7.25. The van der Waals surface area contributed by atoms with Crippen molar-refractivity contribution in [3.8, 4) is 0 Å². The number of benzene rings is 1. The van der Waals surface area contributed by atoms with Crippen LogP contribution in [0.25, 0.3) is 0 Å². The van der Waals surface area contributed by atoms with E-state index in [2.05, 4.69) is 4.72 Å². The molecule has 1 saturated carbocycles. The van der Waals surface area contributed by atoms with Crippen LogP contribution in [0.5, 0.6) is 0 Å². The zero-order chi connectivity index (χ0) is 14.5. The number of anilines is 1. The Morgan fingerprint density at radius 1 is 1.38 bits per heavy atom. The third-order valence-corrected chi connectivity index (χ3v) is 5.40. The Labute approximate surface area is 130 Å². The molecule has 0 saturated heterocycles. The topological polar surface area (TPSA) is 92.5 Å². The maximum absolute atomic E-state index is 12.4. The number of rotatable bonds is 3. The molecule has 3 N–H and O–H groups in total. The molecule has 116 valence electrons. The van der Waals surface area contributed by atoms with Crippen molar-refractivity contribution in [2.24, 2.45) is 5.73 Å². The Hall–Kier alpha value is -1.15. The number of nitrogens with two attached hydrogens (primary N) is 1. The molecule has 1 aliphatic heterocycles. The van der Waals surface area contributed by atoms with E-state index in [0.29, 0.717) is 25.1 Å². The van der Waals surface area contributed by atoms with E-state index < -0.39 is 15.6 Å². The molecule has 0 unspecified atom stereocenters. The fourth-order valence-electron chi connectivity index (χ4n) is 2.47. The Balaban J connectivity index is 0.00000161. The van der Waals surface area contributed by atoms with Crippen molar-refractivity contribution < 1.29 is 13.2 Å². The van der Waals surface area contributed by atoms with Gasteiger partial charge in [-0.25, -0.2) is 13.1 Å². The van der Waals surface area contributed by atoms with Gasteiger partial charge in [-0.05, 0) is 44.0 Å². The number of sulfonamides is 1. The second kappa shape index (κ2) is 5.24. The summed E-state index contributed by atoms with van der Waals surface area (Å²) < 4.78 is 26.0. The largest absolute Gasteiger partial charge is 0.317 e. The van der Waals surface area contributed by atoms with Gasteiger partial charge in [0.25, 0.3) is 0 Å². The first-order valence-electron chi connectivity index (χ1n) is 6.55. The van der Waals surface area contributed by atoms with Gasteiger partial charge in [0.05, 0.1) is 10.4 Å². The van der Waals surface area contributed by atoms with Crippen molar-refractivity contribution in [1.29, 1.82) is 0 Å². The molecule has 21 heavy (non-hydrogen) atoms. The van der Waals surface area contributed by atoms with E-state index in [1.54, 1.807) is 23.1 Å². The minimum atomic E-state index is -3.51. The minimum absolute atomic E-state index is 0. The van der Waals surface area contributed by atoms with Gasteiger partial charge in [-0.2, -0.15) is 0 Å². The summed E-state index contributed by atoms with van der Waals surface area (Å²) in [6, 6.07) is 4.88. The Morgan fingerprint density at radius 3 is 2.62 bits per heavy atom. The lowest BCUT2D eigenvalue weighted by atomic mass is 10.1. The molecule has 1 aromatic rings. The van der Waals surface area contributed by atoms with E-state index >= 15 is 0 Å². The van der Waals surface area contributed by atoms with Crippen molar-refractivity contribution in [3.05, 3.63) is 23.8 Å². The molecule has 6 nitrogen and oxygen atoms in total. The smallest absolute Gasteiger partial charge is 0.247 e. The summed E-state index contributed by atoms with van der Waals surface area (Å²) >= 11 is 0. The van der Waals surface area contributed by atoms with Crippen LogP contribution in [-0.2, 0) is 21.2 Å². The highest BCUT2D eigenvalue weighted by molar-refractivity contribution is 7.89. The molecule has 8 heteroatoms. The van der Waals surface area contributed by atoms with E-state index in [1.807, 2.05) is 0 Å². The number of amides is 1. The molecular formula is C13H18ClN3O3S.